The van der Waals surface area contributed by atoms with Gasteiger partial charge in [0.05, 0.1) is 10.4 Å². The molecule has 1 saturated heterocycles. The van der Waals surface area contributed by atoms with Crippen LogP contribution >= 0.6 is 11.3 Å². The monoisotopic (exact) mass is 460 g/mol. The summed E-state index contributed by atoms with van der Waals surface area (Å²) in [6.45, 7) is 2.36. The summed E-state index contributed by atoms with van der Waals surface area (Å²) in [7, 11) is 0. The van der Waals surface area contributed by atoms with Crippen LogP contribution in [0.3, 0.4) is 0 Å². The minimum Gasteiger partial charge on any atom is -0.352 e. The van der Waals surface area contributed by atoms with Crippen LogP contribution in [0.1, 0.15) is 52.1 Å². The van der Waals surface area contributed by atoms with Gasteiger partial charge in [0, 0.05) is 42.9 Å². The zero-order valence-corrected chi connectivity index (χ0v) is 19.4. The molecule has 0 spiro atoms. The maximum atomic E-state index is 12.9. The molecule has 3 aromatic heterocycles. The summed E-state index contributed by atoms with van der Waals surface area (Å²) in [5, 5.41) is 4.17. The van der Waals surface area contributed by atoms with Crippen LogP contribution in [0.25, 0.3) is 15.7 Å². The number of pyridine rings is 1. The number of nitrogens with one attached hydrogen (secondary N) is 1. The molecule has 0 bridgehead atoms. The molecule has 33 heavy (non-hydrogen) atoms. The molecule has 6 nitrogen and oxygen atoms in total. The molecular weight excluding hydrogens is 432 g/mol. The topological polar surface area (TPSA) is 66.7 Å². The number of thiophene rings is 1. The molecule has 1 N–H and O–H groups in total. The Morgan fingerprint density at radius 3 is 2.79 bits per heavy atom. The van der Waals surface area contributed by atoms with E-state index in [0.29, 0.717) is 18.0 Å². The lowest BCUT2D eigenvalue weighted by atomic mass is 9.91. The number of carbonyl (C=O) groups excluding carboxylic acids is 2. The number of hydrogen-bond donors (Lipinski definition) is 1. The Morgan fingerprint density at radius 2 is 1.94 bits per heavy atom. The zero-order valence-electron chi connectivity index (χ0n) is 18.6. The number of imidazole rings is 1. The normalized spacial score (nSPS) is 14.7. The summed E-state index contributed by atoms with van der Waals surface area (Å²) in [6.07, 6.45) is 10.7. The van der Waals surface area contributed by atoms with Gasteiger partial charge in [0.1, 0.15) is 5.65 Å². The van der Waals surface area contributed by atoms with Crippen LogP contribution in [0, 0.1) is 5.92 Å². The van der Waals surface area contributed by atoms with Gasteiger partial charge < -0.3 is 14.6 Å². The molecular formula is C26H28N4O2S. The van der Waals surface area contributed by atoms with Gasteiger partial charge in [-0.05, 0) is 54.8 Å². The molecule has 0 aliphatic carbocycles. The molecule has 0 radical (unpaired) electrons. The highest BCUT2D eigenvalue weighted by atomic mass is 32.1. The maximum Gasteiger partial charge on any atom is 0.263 e. The van der Waals surface area contributed by atoms with E-state index in [1.54, 1.807) is 17.5 Å². The van der Waals surface area contributed by atoms with Gasteiger partial charge in [-0.1, -0.05) is 31.0 Å². The predicted molar refractivity (Wildman–Crippen MR) is 132 cm³/mol. The molecule has 1 aliphatic rings. The molecule has 0 saturated carbocycles. The molecule has 4 heterocycles. The summed E-state index contributed by atoms with van der Waals surface area (Å²) in [6, 6.07) is 13.9. The van der Waals surface area contributed by atoms with E-state index in [2.05, 4.69) is 22.4 Å². The lowest BCUT2D eigenvalue weighted by Gasteiger charge is -2.31. The average molecular weight is 461 g/mol. The second kappa shape index (κ2) is 9.75. The van der Waals surface area contributed by atoms with Gasteiger partial charge in [0.15, 0.2) is 0 Å². The minimum absolute atomic E-state index is 0.0429. The molecule has 1 fully saturated rings. The number of aromatic nitrogens is 2. The first-order valence-corrected chi connectivity index (χ1v) is 12.5. The van der Waals surface area contributed by atoms with E-state index in [1.807, 2.05) is 52.0 Å². The van der Waals surface area contributed by atoms with E-state index in [-0.39, 0.29) is 11.8 Å². The fourth-order valence-corrected chi connectivity index (χ4v) is 5.61. The number of likely N-dealkylation sites (tertiary alicyclic amines) is 1. The third kappa shape index (κ3) is 4.93. The van der Waals surface area contributed by atoms with Crippen molar-refractivity contribution in [2.75, 3.05) is 19.6 Å². The van der Waals surface area contributed by atoms with Gasteiger partial charge in [-0.25, -0.2) is 4.98 Å². The molecule has 1 aliphatic heterocycles. The van der Waals surface area contributed by atoms with Crippen molar-refractivity contribution < 1.29 is 9.59 Å². The predicted octanol–water partition coefficient (Wildman–Crippen LogP) is 5.00. The van der Waals surface area contributed by atoms with Gasteiger partial charge in [-0.2, -0.15) is 0 Å². The van der Waals surface area contributed by atoms with Crippen molar-refractivity contribution in [2.24, 2.45) is 5.92 Å². The number of hydrogen-bond acceptors (Lipinski definition) is 4. The summed E-state index contributed by atoms with van der Waals surface area (Å²) >= 11 is 1.59. The van der Waals surface area contributed by atoms with Gasteiger partial charge in [-0.3, -0.25) is 9.59 Å². The first kappa shape index (κ1) is 21.6. The zero-order chi connectivity index (χ0) is 22.6. The highest BCUT2D eigenvalue weighted by molar-refractivity contribution is 7.20. The summed E-state index contributed by atoms with van der Waals surface area (Å²) in [5.41, 5.74) is 1.49. The van der Waals surface area contributed by atoms with Crippen molar-refractivity contribution >= 4 is 38.9 Å². The number of amides is 2. The van der Waals surface area contributed by atoms with Crippen molar-refractivity contribution in [3.63, 3.8) is 0 Å². The third-order valence-electron chi connectivity index (χ3n) is 6.51. The number of rotatable bonds is 7. The highest BCUT2D eigenvalue weighted by Crippen LogP contribution is 2.29. The lowest BCUT2D eigenvalue weighted by Crippen LogP contribution is -2.38. The number of nitrogens with zero attached hydrogens (tertiary/aromatic N) is 3. The summed E-state index contributed by atoms with van der Waals surface area (Å²) in [5.74, 6) is 0.792. The lowest BCUT2D eigenvalue weighted by molar-refractivity contribution is 0.0691. The molecule has 5 rings (SSSR count). The summed E-state index contributed by atoms with van der Waals surface area (Å²) < 4.78 is 3.03. The second-order valence-electron chi connectivity index (χ2n) is 8.75. The number of unbranched alkanes of at least 4 members (excludes halogenated alkanes) is 1. The van der Waals surface area contributed by atoms with Crippen molar-refractivity contribution in [2.45, 2.75) is 32.1 Å². The van der Waals surface area contributed by atoms with Crippen LogP contribution in [0.2, 0.25) is 0 Å². The van der Waals surface area contributed by atoms with E-state index in [1.165, 1.54) is 4.70 Å². The Hall–Kier alpha value is -3.19. The number of fused-ring (bicyclic) bond motifs is 2. The SMILES string of the molecule is O=C(NCCCCC1CCN(C(=O)c2cc3ccccc3s2)CC1)c1ccc2nccn2c1. The first-order chi connectivity index (χ1) is 16.2. The highest BCUT2D eigenvalue weighted by Gasteiger charge is 2.24. The maximum absolute atomic E-state index is 12.9. The molecule has 7 heteroatoms. The van der Waals surface area contributed by atoms with E-state index in [0.717, 1.165) is 61.1 Å². The van der Waals surface area contributed by atoms with Gasteiger partial charge >= 0.3 is 0 Å². The van der Waals surface area contributed by atoms with Crippen molar-refractivity contribution in [1.29, 1.82) is 0 Å². The fraction of sp³-hybridized carbons (Fsp3) is 0.346. The quantitative estimate of drug-likeness (QED) is 0.395. The Labute approximate surface area is 197 Å². The molecule has 170 valence electrons. The second-order valence-corrected chi connectivity index (χ2v) is 9.83. The van der Waals surface area contributed by atoms with Crippen molar-refractivity contribution in [3.8, 4) is 0 Å². The Bertz CT molecular complexity index is 1240. The standard InChI is InChI=1S/C26H28N4O2S/c31-25(21-8-9-24-27-13-16-30(24)18-21)28-12-4-3-5-19-10-14-29(15-11-19)26(32)23-17-20-6-1-2-7-22(20)33-23/h1-2,6-9,13,16-19H,3-5,10-12,14-15H2,(H,28,31). The molecule has 0 atom stereocenters. The molecule has 1 aromatic carbocycles. The van der Waals surface area contributed by atoms with E-state index < -0.39 is 0 Å². The third-order valence-corrected chi connectivity index (χ3v) is 7.62. The van der Waals surface area contributed by atoms with E-state index >= 15 is 0 Å². The van der Waals surface area contributed by atoms with Crippen LogP contribution < -0.4 is 5.32 Å². The molecule has 0 unspecified atom stereocenters. The van der Waals surface area contributed by atoms with Crippen LogP contribution in [0.15, 0.2) is 61.1 Å². The van der Waals surface area contributed by atoms with Crippen LogP contribution in [0.5, 0.6) is 0 Å². The van der Waals surface area contributed by atoms with Crippen LogP contribution in [-0.4, -0.2) is 45.7 Å². The van der Waals surface area contributed by atoms with Crippen LogP contribution in [-0.2, 0) is 0 Å². The van der Waals surface area contributed by atoms with E-state index in [4.69, 9.17) is 0 Å². The largest absolute Gasteiger partial charge is 0.352 e. The van der Waals surface area contributed by atoms with Gasteiger partial charge in [-0.15, -0.1) is 11.3 Å². The Balaban J connectivity index is 1.01. The molecule has 2 amide bonds. The Morgan fingerprint density at radius 1 is 1.09 bits per heavy atom. The van der Waals surface area contributed by atoms with Gasteiger partial charge in [0.25, 0.3) is 11.8 Å². The van der Waals surface area contributed by atoms with Crippen molar-refractivity contribution in [1.82, 2.24) is 19.6 Å². The number of carbonyl (C=O) groups is 2. The summed E-state index contributed by atoms with van der Waals surface area (Å²) in [4.78, 5) is 32.3. The minimum atomic E-state index is -0.0429. The first-order valence-electron chi connectivity index (χ1n) is 11.7. The Kier molecular flexibility index (Phi) is 6.39. The smallest absolute Gasteiger partial charge is 0.263 e. The fourth-order valence-electron chi connectivity index (χ4n) is 4.58. The van der Waals surface area contributed by atoms with Crippen molar-refractivity contribution in [3.05, 3.63) is 71.5 Å². The number of benzene rings is 1. The molecule has 4 aromatic rings. The number of piperidine rings is 1. The van der Waals surface area contributed by atoms with Gasteiger partial charge in [0.2, 0.25) is 0 Å². The average Bonchev–Trinajstić information content (AvgIpc) is 3.50. The van der Waals surface area contributed by atoms with E-state index in [9.17, 15) is 9.59 Å². The van der Waals surface area contributed by atoms with Crippen LogP contribution in [0.4, 0.5) is 0 Å².